The molecule has 1 amide bonds. The van der Waals surface area contributed by atoms with Crippen LogP contribution in [0.4, 0.5) is 5.69 Å². The largest absolute Gasteiger partial charge is 0.494 e. The molecule has 0 saturated carbocycles. The Morgan fingerprint density at radius 3 is 2.38 bits per heavy atom. The summed E-state index contributed by atoms with van der Waals surface area (Å²) in [5.74, 6) is -0.737. The molecule has 4 heterocycles. The molecular weight excluding hydrogens is 701 g/mol. The summed E-state index contributed by atoms with van der Waals surface area (Å²) in [7, 11) is 3.55. The topological polar surface area (TPSA) is 112 Å². The summed E-state index contributed by atoms with van der Waals surface area (Å²) in [6, 6.07) is 14.3. The van der Waals surface area contributed by atoms with Crippen molar-refractivity contribution < 1.29 is 24.2 Å². The molecule has 1 aliphatic rings. The Bertz CT molecular complexity index is 2450. The van der Waals surface area contributed by atoms with Crippen LogP contribution in [-0.2, 0) is 20.5 Å². The zero-order valence-corrected chi connectivity index (χ0v) is 31.6. The van der Waals surface area contributed by atoms with E-state index in [1.54, 1.807) is 19.2 Å². The van der Waals surface area contributed by atoms with E-state index in [1.165, 1.54) is 15.5 Å². The molecule has 0 bridgehead atoms. The Balaban J connectivity index is 1.41. The van der Waals surface area contributed by atoms with E-state index in [0.29, 0.717) is 53.6 Å². The van der Waals surface area contributed by atoms with Crippen LogP contribution in [0.3, 0.4) is 0 Å². The molecule has 10 nitrogen and oxygen atoms in total. The number of fused-ring (bicyclic) bond motifs is 4. The van der Waals surface area contributed by atoms with Crippen LogP contribution in [0.5, 0.6) is 5.75 Å². The molecule has 2 unspecified atom stereocenters. The lowest BCUT2D eigenvalue weighted by atomic mass is 9.98. The number of carboxylic acid groups (broad SMARTS) is 1. The number of hydrogen-bond donors (Lipinski definition) is 1. The summed E-state index contributed by atoms with van der Waals surface area (Å²) in [5.41, 5.74) is 8.22. The molecule has 2 atom stereocenters. The SMILES string of the molecule is Cc1cc(OCCCc2c3n(c4c(-c5c(C)nn(C)c5C)cccc24)C(C)C(Cl)N(c2cc(C=O)cc4cc(C(=O)O)n(C)c24)C3=O)cc(C)c1Cl. The lowest BCUT2D eigenvalue weighted by molar-refractivity contribution is 0.0686. The first-order valence-electron chi connectivity index (χ1n) is 17.1. The molecule has 0 radical (unpaired) electrons. The zero-order valence-electron chi connectivity index (χ0n) is 30.0. The van der Waals surface area contributed by atoms with Crippen molar-refractivity contribution in [3.63, 3.8) is 0 Å². The maximum atomic E-state index is 15.2. The third kappa shape index (κ3) is 5.47. The molecular formula is C40H39Cl2N5O5. The highest BCUT2D eigenvalue weighted by atomic mass is 35.5. The van der Waals surface area contributed by atoms with Gasteiger partial charge in [-0.1, -0.05) is 41.4 Å². The van der Waals surface area contributed by atoms with E-state index in [2.05, 4.69) is 10.6 Å². The van der Waals surface area contributed by atoms with E-state index >= 15 is 4.79 Å². The smallest absolute Gasteiger partial charge is 0.352 e. The first kappa shape index (κ1) is 35.3. The number of ether oxygens (including phenoxy) is 1. The van der Waals surface area contributed by atoms with Crippen LogP contribution < -0.4 is 9.64 Å². The van der Waals surface area contributed by atoms with Crippen molar-refractivity contribution in [3.8, 4) is 16.9 Å². The van der Waals surface area contributed by atoms with E-state index in [9.17, 15) is 14.7 Å². The molecule has 1 N–H and O–H groups in total. The molecule has 0 fully saturated rings. The number of halogens is 2. The number of aromatic nitrogens is 4. The van der Waals surface area contributed by atoms with Crippen molar-refractivity contribution in [2.24, 2.45) is 14.1 Å². The van der Waals surface area contributed by atoms with E-state index in [-0.39, 0.29) is 11.6 Å². The Labute approximate surface area is 311 Å². The number of carbonyl (C=O) groups excluding carboxylic acids is 2. The fraction of sp³-hybridized carbons (Fsp3) is 0.300. The monoisotopic (exact) mass is 739 g/mol. The van der Waals surface area contributed by atoms with Crippen LogP contribution in [0, 0.1) is 27.7 Å². The second-order valence-corrected chi connectivity index (χ2v) is 14.5. The highest BCUT2D eigenvalue weighted by molar-refractivity contribution is 6.32. The predicted molar refractivity (Wildman–Crippen MR) is 205 cm³/mol. The summed E-state index contributed by atoms with van der Waals surface area (Å²) in [4.78, 5) is 41.0. The fourth-order valence-corrected chi connectivity index (χ4v) is 8.30. The van der Waals surface area contributed by atoms with Crippen molar-refractivity contribution >= 4 is 68.9 Å². The molecule has 7 rings (SSSR count). The number of amides is 1. The van der Waals surface area contributed by atoms with Gasteiger partial charge in [0, 0.05) is 52.3 Å². The van der Waals surface area contributed by atoms with Gasteiger partial charge in [-0.3, -0.25) is 19.2 Å². The minimum atomic E-state index is -1.12. The van der Waals surface area contributed by atoms with Crippen LogP contribution in [0.1, 0.15) is 78.8 Å². The number of nitrogens with zero attached hydrogens (tertiary/aromatic N) is 5. The highest BCUT2D eigenvalue weighted by Gasteiger charge is 2.42. The average Bonchev–Trinajstić information content (AvgIpc) is 3.72. The van der Waals surface area contributed by atoms with Crippen molar-refractivity contribution in [1.29, 1.82) is 0 Å². The third-order valence-electron chi connectivity index (χ3n) is 10.4. The number of hydrogen-bond acceptors (Lipinski definition) is 5. The van der Waals surface area contributed by atoms with Crippen LogP contribution in [0.15, 0.2) is 48.5 Å². The minimum Gasteiger partial charge on any atom is -0.494 e. The molecule has 0 spiro atoms. The maximum absolute atomic E-state index is 15.2. The van der Waals surface area contributed by atoms with Crippen LogP contribution in [-0.4, -0.2) is 54.3 Å². The Kier molecular flexibility index (Phi) is 8.95. The number of carboxylic acids is 1. The molecule has 1 aliphatic heterocycles. The predicted octanol–water partition coefficient (Wildman–Crippen LogP) is 8.73. The summed E-state index contributed by atoms with van der Waals surface area (Å²) in [5, 5.41) is 16.8. The standard InChI is InChI=1S/C40H39Cl2N5O5/c1-20-14-27(15-21(2)34(20)41)52-13-9-12-29-28-10-8-11-30(33-22(3)43-45(7)23(33)4)36(28)46-24(5)38(42)47(39(49)37(29)46)31-17-25(19-48)16-26-18-32(40(50)51)44(6)35(26)31/h8,10-11,14-19,24,38H,9,12-13H2,1-7H3,(H,50,51). The number of carbonyl (C=O) groups is 3. The summed E-state index contributed by atoms with van der Waals surface area (Å²) >= 11 is 13.7. The molecule has 52 heavy (non-hydrogen) atoms. The fourth-order valence-electron chi connectivity index (χ4n) is 7.89. The lowest BCUT2D eigenvalue weighted by Gasteiger charge is -2.39. The molecule has 12 heteroatoms. The Morgan fingerprint density at radius 1 is 1.04 bits per heavy atom. The number of benzene rings is 3. The number of aromatic carboxylic acids is 1. The summed E-state index contributed by atoms with van der Waals surface area (Å²) in [6.45, 7) is 10.3. The molecule has 3 aromatic heterocycles. The lowest BCUT2D eigenvalue weighted by Crippen LogP contribution is -2.48. The van der Waals surface area contributed by atoms with Gasteiger partial charge in [0.2, 0.25) is 0 Å². The van der Waals surface area contributed by atoms with Crippen LogP contribution in [0.25, 0.3) is 32.9 Å². The van der Waals surface area contributed by atoms with Gasteiger partial charge in [0.15, 0.2) is 0 Å². The van der Waals surface area contributed by atoms with Crippen LogP contribution >= 0.6 is 23.2 Å². The Hall–Kier alpha value is -5.06. The van der Waals surface area contributed by atoms with Crippen LogP contribution in [0.2, 0.25) is 5.02 Å². The van der Waals surface area contributed by atoms with Crippen molar-refractivity contribution in [3.05, 3.63) is 98.6 Å². The van der Waals surface area contributed by atoms with Gasteiger partial charge < -0.3 is 19.0 Å². The zero-order chi connectivity index (χ0) is 37.3. The number of aldehydes is 1. The van der Waals surface area contributed by atoms with Crippen molar-refractivity contribution in [1.82, 2.24) is 18.9 Å². The molecule has 0 saturated heterocycles. The number of rotatable bonds is 9. The minimum absolute atomic E-state index is 0.0238. The van der Waals surface area contributed by atoms with E-state index < -0.39 is 17.5 Å². The van der Waals surface area contributed by atoms with Gasteiger partial charge in [-0.15, -0.1) is 0 Å². The van der Waals surface area contributed by atoms with E-state index in [1.807, 2.05) is 70.6 Å². The number of alkyl halides is 1. The highest BCUT2D eigenvalue weighted by Crippen LogP contribution is 2.46. The van der Waals surface area contributed by atoms with Gasteiger partial charge in [0.1, 0.15) is 28.9 Å². The quantitative estimate of drug-likeness (QED) is 0.0687. The van der Waals surface area contributed by atoms with Gasteiger partial charge in [0.05, 0.1) is 35.1 Å². The second kappa shape index (κ2) is 13.2. The normalized spacial score (nSPS) is 15.9. The van der Waals surface area contributed by atoms with Gasteiger partial charge in [-0.25, -0.2) is 4.79 Å². The number of anilines is 1. The van der Waals surface area contributed by atoms with E-state index in [4.69, 9.17) is 33.0 Å². The first-order valence-corrected chi connectivity index (χ1v) is 17.9. The van der Waals surface area contributed by atoms with Crippen molar-refractivity contribution in [2.75, 3.05) is 11.5 Å². The number of aryl methyl sites for hydroxylation is 6. The number of para-hydroxylation sites is 1. The van der Waals surface area contributed by atoms with Crippen molar-refractivity contribution in [2.45, 2.75) is 59.0 Å². The third-order valence-corrected chi connectivity index (χ3v) is 11.5. The van der Waals surface area contributed by atoms with Gasteiger partial charge >= 0.3 is 5.97 Å². The van der Waals surface area contributed by atoms with E-state index in [0.717, 1.165) is 60.9 Å². The van der Waals surface area contributed by atoms with Gasteiger partial charge in [-0.2, -0.15) is 5.10 Å². The molecule has 3 aromatic carbocycles. The molecule has 268 valence electrons. The Morgan fingerprint density at radius 2 is 1.75 bits per heavy atom. The van der Waals surface area contributed by atoms with Gasteiger partial charge in [-0.05, 0) is 94.5 Å². The van der Waals surface area contributed by atoms with Gasteiger partial charge in [0.25, 0.3) is 5.91 Å². The average molecular weight is 741 g/mol. The maximum Gasteiger partial charge on any atom is 0.352 e. The molecule has 6 aromatic rings. The first-order chi connectivity index (χ1) is 24.7. The second-order valence-electron chi connectivity index (χ2n) is 13.7. The molecule has 0 aliphatic carbocycles. The summed E-state index contributed by atoms with van der Waals surface area (Å²) < 4.78 is 11.6. The summed E-state index contributed by atoms with van der Waals surface area (Å²) in [6.07, 6.45) is 1.82.